The number of carbonyl (C=O) groups excluding carboxylic acids is 1. The Hall–Kier alpha value is -2.34. The summed E-state index contributed by atoms with van der Waals surface area (Å²) in [6.07, 6.45) is 0.558. The number of hydrogen-bond acceptors (Lipinski definition) is 3. The van der Waals surface area contributed by atoms with Gasteiger partial charge in [0, 0.05) is 11.6 Å². The molecule has 25 heavy (non-hydrogen) atoms. The van der Waals surface area contributed by atoms with Gasteiger partial charge < -0.3 is 14.8 Å². The Labute approximate surface area is 148 Å². The van der Waals surface area contributed by atoms with Crippen molar-refractivity contribution in [1.82, 2.24) is 5.32 Å². The lowest BCUT2D eigenvalue weighted by molar-refractivity contribution is -0.126. The van der Waals surface area contributed by atoms with E-state index in [1.54, 1.807) is 30.3 Å². The normalized spacial score (nSPS) is 16.1. The van der Waals surface area contributed by atoms with E-state index in [0.29, 0.717) is 24.6 Å². The number of rotatable bonds is 5. The number of halogens is 3. The van der Waals surface area contributed by atoms with Crippen LogP contribution in [-0.2, 0) is 17.8 Å². The predicted molar refractivity (Wildman–Crippen MR) is 89.1 cm³/mol. The summed E-state index contributed by atoms with van der Waals surface area (Å²) >= 11 is 5.98. The molecule has 0 fully saturated rings. The fraction of sp³-hybridized carbons (Fsp3) is 0.278. The summed E-state index contributed by atoms with van der Waals surface area (Å²) in [5, 5.41) is 3.44. The van der Waals surface area contributed by atoms with E-state index in [0.717, 1.165) is 16.9 Å². The number of carbonyl (C=O) groups is 1. The Bertz CT molecular complexity index is 752. The van der Waals surface area contributed by atoms with Gasteiger partial charge in [0.15, 0.2) is 0 Å². The van der Waals surface area contributed by atoms with Crippen LogP contribution in [0.4, 0.5) is 8.78 Å². The van der Waals surface area contributed by atoms with Crippen molar-refractivity contribution in [2.24, 2.45) is 5.92 Å². The van der Waals surface area contributed by atoms with E-state index in [9.17, 15) is 13.6 Å². The second-order valence-electron chi connectivity index (χ2n) is 5.70. The molecular weight excluding hydrogens is 352 g/mol. The molecule has 0 aromatic heterocycles. The first-order valence-corrected chi connectivity index (χ1v) is 8.12. The van der Waals surface area contributed by atoms with Crippen molar-refractivity contribution in [1.29, 1.82) is 0 Å². The summed E-state index contributed by atoms with van der Waals surface area (Å²) in [7, 11) is 0. The summed E-state index contributed by atoms with van der Waals surface area (Å²) in [5.41, 5.74) is 1.70. The fourth-order valence-electron chi connectivity index (χ4n) is 2.65. The number of alkyl halides is 2. The predicted octanol–water partition coefficient (Wildman–Crippen LogP) is 3.81. The average Bonchev–Trinajstić information content (AvgIpc) is 2.59. The van der Waals surface area contributed by atoms with E-state index in [4.69, 9.17) is 16.3 Å². The van der Waals surface area contributed by atoms with Crippen LogP contribution >= 0.6 is 11.6 Å². The third-order valence-electron chi connectivity index (χ3n) is 3.91. The molecule has 0 bridgehead atoms. The van der Waals surface area contributed by atoms with Crippen LogP contribution in [0, 0.1) is 5.92 Å². The number of benzene rings is 2. The Morgan fingerprint density at radius 2 is 2.04 bits per heavy atom. The SMILES string of the molecule is O=C(NCc1ccc(OC(F)F)cc1)[C@H]1COc2ccc(Cl)cc2C1. The van der Waals surface area contributed by atoms with Crippen molar-refractivity contribution in [3.8, 4) is 11.5 Å². The Kier molecular flexibility index (Phi) is 5.38. The monoisotopic (exact) mass is 367 g/mol. The minimum atomic E-state index is -2.85. The molecule has 2 aromatic carbocycles. The molecule has 1 amide bonds. The number of ether oxygens (including phenoxy) is 2. The minimum absolute atomic E-state index is 0.0826. The molecule has 4 nitrogen and oxygen atoms in total. The molecule has 0 radical (unpaired) electrons. The smallest absolute Gasteiger partial charge is 0.387 e. The Balaban J connectivity index is 1.54. The van der Waals surface area contributed by atoms with E-state index < -0.39 is 6.61 Å². The van der Waals surface area contributed by atoms with Crippen molar-refractivity contribution in [3.05, 3.63) is 58.6 Å². The highest BCUT2D eigenvalue weighted by Gasteiger charge is 2.26. The third kappa shape index (κ3) is 4.60. The lowest BCUT2D eigenvalue weighted by Gasteiger charge is -2.24. The molecule has 3 rings (SSSR count). The number of amides is 1. The van der Waals surface area contributed by atoms with Crippen LogP contribution in [0.15, 0.2) is 42.5 Å². The van der Waals surface area contributed by atoms with Gasteiger partial charge in [0.05, 0.1) is 5.92 Å². The number of nitrogens with one attached hydrogen (secondary N) is 1. The molecule has 0 saturated heterocycles. The number of hydrogen-bond donors (Lipinski definition) is 1. The van der Waals surface area contributed by atoms with Crippen LogP contribution in [0.5, 0.6) is 11.5 Å². The van der Waals surface area contributed by atoms with Gasteiger partial charge in [-0.3, -0.25) is 4.79 Å². The van der Waals surface area contributed by atoms with Crippen molar-refractivity contribution < 1.29 is 23.0 Å². The van der Waals surface area contributed by atoms with Crippen LogP contribution in [0.3, 0.4) is 0 Å². The van der Waals surface area contributed by atoms with Crippen LogP contribution < -0.4 is 14.8 Å². The molecule has 1 aliphatic rings. The highest BCUT2D eigenvalue weighted by molar-refractivity contribution is 6.30. The lowest BCUT2D eigenvalue weighted by Crippen LogP contribution is -2.37. The van der Waals surface area contributed by atoms with Gasteiger partial charge in [-0.15, -0.1) is 0 Å². The zero-order chi connectivity index (χ0) is 17.8. The molecule has 0 aliphatic carbocycles. The van der Waals surface area contributed by atoms with E-state index in [1.807, 2.05) is 0 Å². The van der Waals surface area contributed by atoms with Gasteiger partial charge in [-0.1, -0.05) is 23.7 Å². The van der Waals surface area contributed by atoms with Gasteiger partial charge in [-0.25, -0.2) is 0 Å². The quantitative estimate of drug-likeness (QED) is 0.874. The zero-order valence-electron chi connectivity index (χ0n) is 13.2. The van der Waals surface area contributed by atoms with Gasteiger partial charge in [-0.05, 0) is 47.9 Å². The van der Waals surface area contributed by atoms with Crippen LogP contribution in [0.25, 0.3) is 0 Å². The summed E-state index contributed by atoms with van der Waals surface area (Å²) in [4.78, 5) is 12.3. The zero-order valence-corrected chi connectivity index (χ0v) is 13.9. The lowest BCUT2D eigenvalue weighted by atomic mass is 9.96. The molecule has 2 aromatic rings. The average molecular weight is 368 g/mol. The van der Waals surface area contributed by atoms with Crippen LogP contribution in [0.1, 0.15) is 11.1 Å². The molecule has 0 unspecified atom stereocenters. The van der Waals surface area contributed by atoms with Crippen molar-refractivity contribution >= 4 is 17.5 Å². The Morgan fingerprint density at radius 3 is 2.76 bits per heavy atom. The van der Waals surface area contributed by atoms with Crippen molar-refractivity contribution in [3.63, 3.8) is 0 Å². The first kappa shape index (κ1) is 17.5. The van der Waals surface area contributed by atoms with E-state index >= 15 is 0 Å². The standard InChI is InChI=1S/C18H16ClF2NO3/c19-14-3-6-16-12(8-14)7-13(10-24-16)17(23)22-9-11-1-4-15(5-2-11)25-18(20)21/h1-6,8,13,18H,7,9-10H2,(H,22,23)/t13-/m1/s1. The largest absolute Gasteiger partial charge is 0.492 e. The molecule has 7 heteroatoms. The molecule has 1 heterocycles. The highest BCUT2D eigenvalue weighted by atomic mass is 35.5. The topological polar surface area (TPSA) is 47.6 Å². The maximum Gasteiger partial charge on any atom is 0.387 e. The molecule has 132 valence electrons. The van der Waals surface area contributed by atoms with Gasteiger partial charge in [0.25, 0.3) is 0 Å². The molecule has 1 aliphatic heterocycles. The number of fused-ring (bicyclic) bond motifs is 1. The summed E-state index contributed by atoms with van der Waals surface area (Å²) < 4.78 is 34.1. The summed E-state index contributed by atoms with van der Waals surface area (Å²) in [5.74, 6) is 0.410. The second-order valence-corrected chi connectivity index (χ2v) is 6.14. The third-order valence-corrected chi connectivity index (χ3v) is 4.15. The summed E-state index contributed by atoms with van der Waals surface area (Å²) in [6.45, 7) is -2.25. The van der Waals surface area contributed by atoms with Gasteiger partial charge >= 0.3 is 6.61 Å². The second kappa shape index (κ2) is 7.70. The van der Waals surface area contributed by atoms with Crippen LogP contribution in [0.2, 0.25) is 5.02 Å². The molecule has 0 saturated carbocycles. The van der Waals surface area contributed by atoms with E-state index in [-0.39, 0.29) is 17.6 Å². The van der Waals surface area contributed by atoms with Crippen molar-refractivity contribution in [2.45, 2.75) is 19.6 Å². The first-order chi connectivity index (χ1) is 12.0. The highest BCUT2D eigenvalue weighted by Crippen LogP contribution is 2.29. The van der Waals surface area contributed by atoms with E-state index in [1.165, 1.54) is 12.1 Å². The van der Waals surface area contributed by atoms with Crippen LogP contribution in [-0.4, -0.2) is 19.1 Å². The molecule has 0 spiro atoms. The minimum Gasteiger partial charge on any atom is -0.492 e. The first-order valence-electron chi connectivity index (χ1n) is 7.74. The Morgan fingerprint density at radius 1 is 1.28 bits per heavy atom. The maximum atomic E-state index is 12.3. The fourth-order valence-corrected chi connectivity index (χ4v) is 2.85. The van der Waals surface area contributed by atoms with Gasteiger partial charge in [0.1, 0.15) is 18.1 Å². The van der Waals surface area contributed by atoms with Gasteiger partial charge in [-0.2, -0.15) is 8.78 Å². The molecular formula is C18H16ClF2NO3. The van der Waals surface area contributed by atoms with E-state index in [2.05, 4.69) is 10.1 Å². The maximum absolute atomic E-state index is 12.3. The molecule has 1 N–H and O–H groups in total. The van der Waals surface area contributed by atoms with Crippen molar-refractivity contribution in [2.75, 3.05) is 6.61 Å². The summed E-state index contributed by atoms with van der Waals surface area (Å²) in [6, 6.07) is 11.5. The molecule has 1 atom stereocenters. The van der Waals surface area contributed by atoms with Gasteiger partial charge in [0.2, 0.25) is 5.91 Å².